The van der Waals surface area contributed by atoms with Crippen molar-refractivity contribution in [1.29, 1.82) is 0 Å². The molecule has 1 heterocycles. The molecule has 8 heteroatoms. The van der Waals surface area contributed by atoms with Gasteiger partial charge in [0.15, 0.2) is 0 Å². The molecule has 0 aromatic heterocycles. The van der Waals surface area contributed by atoms with Crippen LogP contribution in [0.2, 0.25) is 0 Å². The van der Waals surface area contributed by atoms with Crippen LogP contribution in [-0.4, -0.2) is 63.0 Å². The van der Waals surface area contributed by atoms with Crippen molar-refractivity contribution in [3.63, 3.8) is 0 Å². The molecule has 1 aliphatic heterocycles. The summed E-state index contributed by atoms with van der Waals surface area (Å²) in [5.41, 5.74) is 0.498. The summed E-state index contributed by atoms with van der Waals surface area (Å²) in [6.45, 7) is 7.49. The number of rotatable bonds is 5. The first-order valence-electron chi connectivity index (χ1n) is 7.73. The topological polar surface area (TPSA) is 78.9 Å². The first-order valence-corrected chi connectivity index (χ1v) is 9.17. The molecule has 0 spiro atoms. The van der Waals surface area contributed by atoms with E-state index in [1.165, 1.54) is 16.4 Å². The molecule has 1 aromatic carbocycles. The molecule has 2 rings (SSSR count). The second-order valence-corrected chi connectivity index (χ2v) is 7.15. The molecule has 1 saturated heterocycles. The lowest BCUT2D eigenvalue weighted by Gasteiger charge is -2.33. The number of anilines is 1. The van der Waals surface area contributed by atoms with E-state index in [-0.39, 0.29) is 11.5 Å². The van der Waals surface area contributed by atoms with Gasteiger partial charge in [-0.2, -0.15) is 4.31 Å². The average molecular weight is 341 g/mol. The van der Waals surface area contributed by atoms with Crippen LogP contribution in [0.1, 0.15) is 13.8 Å². The highest BCUT2D eigenvalue weighted by Gasteiger charge is 2.27. The Bertz CT molecular complexity index is 623. The summed E-state index contributed by atoms with van der Waals surface area (Å²) in [5.74, 6) is 0. The highest BCUT2D eigenvalue weighted by molar-refractivity contribution is 7.89. The summed E-state index contributed by atoms with van der Waals surface area (Å²) < 4.78 is 31.5. The molecule has 7 nitrogen and oxygen atoms in total. The summed E-state index contributed by atoms with van der Waals surface area (Å²) >= 11 is 0. The molecule has 1 fully saturated rings. The van der Waals surface area contributed by atoms with Gasteiger partial charge in [0, 0.05) is 31.9 Å². The van der Waals surface area contributed by atoms with Gasteiger partial charge in [-0.25, -0.2) is 13.2 Å². The third-order valence-electron chi connectivity index (χ3n) is 3.79. The number of nitrogens with one attached hydrogen (secondary N) is 1. The van der Waals surface area contributed by atoms with E-state index >= 15 is 0 Å². The fourth-order valence-electron chi connectivity index (χ4n) is 2.43. The van der Waals surface area contributed by atoms with Crippen molar-refractivity contribution in [1.82, 2.24) is 9.21 Å². The normalized spacial score (nSPS) is 17.0. The van der Waals surface area contributed by atoms with Crippen molar-refractivity contribution in [2.45, 2.75) is 18.7 Å². The van der Waals surface area contributed by atoms with Gasteiger partial charge in [0.2, 0.25) is 10.0 Å². The van der Waals surface area contributed by atoms with Crippen LogP contribution in [0.25, 0.3) is 0 Å². The Labute approximate surface area is 137 Å². The van der Waals surface area contributed by atoms with E-state index in [1.54, 1.807) is 19.1 Å². The van der Waals surface area contributed by atoms with Crippen LogP contribution in [-0.2, 0) is 14.8 Å². The van der Waals surface area contributed by atoms with E-state index in [4.69, 9.17) is 4.74 Å². The van der Waals surface area contributed by atoms with Crippen molar-refractivity contribution >= 4 is 21.8 Å². The van der Waals surface area contributed by atoms with Gasteiger partial charge in [-0.05, 0) is 37.7 Å². The quantitative estimate of drug-likeness (QED) is 0.880. The molecule has 0 saturated carbocycles. The van der Waals surface area contributed by atoms with Gasteiger partial charge in [-0.3, -0.25) is 5.32 Å². The fourth-order valence-corrected chi connectivity index (χ4v) is 3.85. The lowest BCUT2D eigenvalue weighted by atomic mass is 10.3. The van der Waals surface area contributed by atoms with E-state index < -0.39 is 16.1 Å². The number of ether oxygens (including phenoxy) is 1. The predicted molar refractivity (Wildman–Crippen MR) is 88.0 cm³/mol. The third kappa shape index (κ3) is 4.43. The molecule has 1 amide bonds. The molecular weight excluding hydrogens is 318 g/mol. The molecular formula is C15H23N3O4S. The maximum absolute atomic E-state index is 12.6. The van der Waals surface area contributed by atoms with Gasteiger partial charge in [0.05, 0.1) is 11.5 Å². The number of carbonyl (C=O) groups is 1. The zero-order valence-corrected chi connectivity index (χ0v) is 14.3. The second kappa shape index (κ2) is 7.76. The van der Waals surface area contributed by atoms with E-state index in [1.807, 2.05) is 0 Å². The zero-order valence-electron chi connectivity index (χ0n) is 13.5. The number of hydrogen-bond donors (Lipinski definition) is 1. The Morgan fingerprint density at radius 3 is 2.26 bits per heavy atom. The Morgan fingerprint density at radius 2 is 1.74 bits per heavy atom. The van der Waals surface area contributed by atoms with Gasteiger partial charge >= 0.3 is 6.09 Å². The van der Waals surface area contributed by atoms with Crippen molar-refractivity contribution in [3.05, 3.63) is 24.3 Å². The molecule has 0 aliphatic carbocycles. The van der Waals surface area contributed by atoms with Gasteiger partial charge in [-0.1, -0.05) is 6.92 Å². The molecule has 1 aromatic rings. The highest BCUT2D eigenvalue weighted by atomic mass is 32.2. The van der Waals surface area contributed by atoms with E-state index in [2.05, 4.69) is 17.1 Å². The molecule has 23 heavy (non-hydrogen) atoms. The monoisotopic (exact) mass is 341 g/mol. The first kappa shape index (κ1) is 17.7. The number of sulfonamides is 1. The molecule has 0 radical (unpaired) electrons. The number of benzene rings is 1. The summed E-state index contributed by atoms with van der Waals surface area (Å²) in [6, 6.07) is 6.13. The maximum Gasteiger partial charge on any atom is 0.411 e. The Balaban J connectivity index is 2.04. The third-order valence-corrected chi connectivity index (χ3v) is 5.71. The summed E-state index contributed by atoms with van der Waals surface area (Å²) in [4.78, 5) is 13.8. The Morgan fingerprint density at radius 1 is 1.13 bits per heavy atom. The molecule has 1 aliphatic rings. The lowest BCUT2D eigenvalue weighted by Crippen LogP contribution is -2.48. The first-order chi connectivity index (χ1) is 11.0. The molecule has 1 N–H and O–H groups in total. The smallest absolute Gasteiger partial charge is 0.411 e. The standard InChI is InChI=1S/C15H23N3O4S/c1-3-17-9-11-18(12-10-17)23(20,21)14-7-5-13(6-8-14)16-15(19)22-4-2/h5-8H,3-4,9-12H2,1-2H3,(H,16,19). The minimum absolute atomic E-state index is 0.233. The van der Waals surface area contributed by atoms with Crippen LogP contribution in [0.4, 0.5) is 10.5 Å². The van der Waals surface area contributed by atoms with Gasteiger partial charge < -0.3 is 9.64 Å². The van der Waals surface area contributed by atoms with Gasteiger partial charge in [-0.15, -0.1) is 0 Å². The largest absolute Gasteiger partial charge is 0.450 e. The minimum atomic E-state index is -3.49. The van der Waals surface area contributed by atoms with Crippen LogP contribution < -0.4 is 5.32 Å². The van der Waals surface area contributed by atoms with Crippen LogP contribution in [0.15, 0.2) is 29.2 Å². The van der Waals surface area contributed by atoms with E-state index in [0.29, 0.717) is 18.8 Å². The molecule has 0 atom stereocenters. The zero-order chi connectivity index (χ0) is 16.9. The number of likely N-dealkylation sites (N-methyl/N-ethyl adjacent to an activating group) is 1. The number of carbonyl (C=O) groups excluding carboxylic acids is 1. The van der Waals surface area contributed by atoms with Crippen molar-refractivity contribution in [2.75, 3.05) is 44.6 Å². The SMILES string of the molecule is CCOC(=O)Nc1ccc(S(=O)(=O)N2CCN(CC)CC2)cc1. The summed E-state index contributed by atoms with van der Waals surface area (Å²) in [5, 5.41) is 2.54. The minimum Gasteiger partial charge on any atom is -0.450 e. The molecule has 0 bridgehead atoms. The number of amides is 1. The van der Waals surface area contributed by atoms with Gasteiger partial charge in [0.1, 0.15) is 0 Å². The Kier molecular flexibility index (Phi) is 5.97. The summed E-state index contributed by atoms with van der Waals surface area (Å²) in [6.07, 6.45) is -0.557. The van der Waals surface area contributed by atoms with Crippen molar-refractivity contribution < 1.29 is 17.9 Å². The van der Waals surface area contributed by atoms with E-state index in [0.717, 1.165) is 19.6 Å². The summed E-state index contributed by atoms with van der Waals surface area (Å²) in [7, 11) is -3.49. The molecule has 0 unspecified atom stereocenters. The predicted octanol–water partition coefficient (Wildman–Crippen LogP) is 1.58. The highest BCUT2D eigenvalue weighted by Crippen LogP contribution is 2.20. The second-order valence-electron chi connectivity index (χ2n) is 5.21. The van der Waals surface area contributed by atoms with Crippen LogP contribution in [0, 0.1) is 0 Å². The molecule has 128 valence electrons. The van der Waals surface area contributed by atoms with Crippen LogP contribution in [0.5, 0.6) is 0 Å². The van der Waals surface area contributed by atoms with Crippen molar-refractivity contribution in [2.24, 2.45) is 0 Å². The van der Waals surface area contributed by atoms with Crippen molar-refractivity contribution in [3.8, 4) is 0 Å². The number of nitrogens with zero attached hydrogens (tertiary/aromatic N) is 2. The maximum atomic E-state index is 12.6. The van der Waals surface area contributed by atoms with Crippen LogP contribution in [0.3, 0.4) is 0 Å². The number of piperazine rings is 1. The Hall–Kier alpha value is -1.64. The van der Waals surface area contributed by atoms with Crippen LogP contribution >= 0.6 is 0 Å². The average Bonchev–Trinajstić information content (AvgIpc) is 2.55. The lowest BCUT2D eigenvalue weighted by molar-refractivity contribution is 0.168. The number of hydrogen-bond acceptors (Lipinski definition) is 5. The van der Waals surface area contributed by atoms with Gasteiger partial charge in [0.25, 0.3) is 0 Å². The fraction of sp³-hybridized carbons (Fsp3) is 0.533. The van der Waals surface area contributed by atoms with E-state index in [9.17, 15) is 13.2 Å².